The zero-order valence-corrected chi connectivity index (χ0v) is 11.0. The van der Waals surface area contributed by atoms with Crippen molar-refractivity contribution in [3.05, 3.63) is 22.2 Å². The van der Waals surface area contributed by atoms with E-state index < -0.39 is 0 Å². The van der Waals surface area contributed by atoms with Crippen molar-refractivity contribution in [2.24, 2.45) is 0 Å². The van der Waals surface area contributed by atoms with E-state index >= 15 is 0 Å². The summed E-state index contributed by atoms with van der Waals surface area (Å²) in [5.74, 6) is 1.32. The lowest BCUT2D eigenvalue weighted by Gasteiger charge is -2.13. The van der Waals surface area contributed by atoms with Crippen molar-refractivity contribution in [1.29, 1.82) is 0 Å². The van der Waals surface area contributed by atoms with Gasteiger partial charge in [0.15, 0.2) is 11.5 Å². The molecule has 15 heavy (non-hydrogen) atoms. The standard InChI is InChI=1S/C10H13ClO2.C2H6/c1-6-5-8(11)10(13-4)9(12-3)7(6)2;1-2/h5H,1-4H3;1-2H3. The molecule has 0 aromatic heterocycles. The van der Waals surface area contributed by atoms with Gasteiger partial charge >= 0.3 is 0 Å². The highest BCUT2D eigenvalue weighted by Gasteiger charge is 2.13. The Hall–Kier alpha value is -0.890. The van der Waals surface area contributed by atoms with Gasteiger partial charge in [-0.15, -0.1) is 0 Å². The highest BCUT2D eigenvalue weighted by molar-refractivity contribution is 6.32. The molecule has 1 rings (SSSR count). The van der Waals surface area contributed by atoms with Gasteiger partial charge in [0.25, 0.3) is 0 Å². The van der Waals surface area contributed by atoms with E-state index in [0.717, 1.165) is 11.1 Å². The molecule has 0 heterocycles. The minimum Gasteiger partial charge on any atom is -0.493 e. The second kappa shape index (κ2) is 6.57. The van der Waals surface area contributed by atoms with Crippen molar-refractivity contribution < 1.29 is 9.47 Å². The first-order valence-corrected chi connectivity index (χ1v) is 5.37. The summed E-state index contributed by atoms with van der Waals surface area (Å²) in [4.78, 5) is 0. The van der Waals surface area contributed by atoms with Crippen molar-refractivity contribution >= 4 is 11.6 Å². The predicted molar refractivity (Wildman–Crippen MR) is 65.4 cm³/mol. The van der Waals surface area contributed by atoms with Crippen LogP contribution in [0.4, 0.5) is 0 Å². The lowest BCUT2D eigenvalue weighted by atomic mass is 10.1. The van der Waals surface area contributed by atoms with Crippen LogP contribution in [0.2, 0.25) is 5.02 Å². The molecule has 0 aliphatic heterocycles. The average Bonchev–Trinajstić information content (AvgIpc) is 2.25. The molecule has 0 saturated heterocycles. The van der Waals surface area contributed by atoms with Crippen molar-refractivity contribution in [2.75, 3.05) is 14.2 Å². The van der Waals surface area contributed by atoms with Crippen molar-refractivity contribution in [3.8, 4) is 11.5 Å². The number of aryl methyl sites for hydroxylation is 1. The third kappa shape index (κ3) is 3.03. The Bertz CT molecular complexity index is 322. The maximum Gasteiger partial charge on any atom is 0.179 e. The fraction of sp³-hybridized carbons (Fsp3) is 0.500. The van der Waals surface area contributed by atoms with Crippen molar-refractivity contribution in [2.45, 2.75) is 27.7 Å². The molecule has 0 fully saturated rings. The molecule has 0 unspecified atom stereocenters. The van der Waals surface area contributed by atoms with Gasteiger partial charge in [0.2, 0.25) is 0 Å². The molecule has 1 aromatic carbocycles. The molecule has 1 aromatic rings. The van der Waals surface area contributed by atoms with E-state index in [9.17, 15) is 0 Å². The Morgan fingerprint density at radius 2 is 1.47 bits per heavy atom. The van der Waals surface area contributed by atoms with Gasteiger partial charge in [0, 0.05) is 0 Å². The van der Waals surface area contributed by atoms with Gasteiger partial charge in [-0.3, -0.25) is 0 Å². The summed E-state index contributed by atoms with van der Waals surface area (Å²) in [6.07, 6.45) is 0. The van der Waals surface area contributed by atoms with Crippen LogP contribution < -0.4 is 9.47 Å². The third-order valence-electron chi connectivity index (χ3n) is 2.11. The van der Waals surface area contributed by atoms with Crippen LogP contribution >= 0.6 is 11.6 Å². The zero-order valence-electron chi connectivity index (χ0n) is 10.3. The van der Waals surface area contributed by atoms with Gasteiger partial charge in [-0.1, -0.05) is 25.4 Å². The molecule has 0 aliphatic rings. The second-order valence-electron chi connectivity index (χ2n) is 2.87. The number of methoxy groups -OCH3 is 2. The Morgan fingerprint density at radius 3 is 1.87 bits per heavy atom. The third-order valence-corrected chi connectivity index (χ3v) is 2.39. The lowest BCUT2D eigenvalue weighted by molar-refractivity contribution is 0.353. The van der Waals surface area contributed by atoms with E-state index in [2.05, 4.69) is 0 Å². The Morgan fingerprint density at radius 1 is 1.00 bits per heavy atom. The van der Waals surface area contributed by atoms with Crippen LogP contribution in [0.3, 0.4) is 0 Å². The van der Waals surface area contributed by atoms with Crippen LogP contribution in [-0.2, 0) is 0 Å². The highest BCUT2D eigenvalue weighted by Crippen LogP contribution is 2.39. The second-order valence-corrected chi connectivity index (χ2v) is 3.27. The van der Waals surface area contributed by atoms with Gasteiger partial charge in [-0.25, -0.2) is 0 Å². The van der Waals surface area contributed by atoms with Gasteiger partial charge in [-0.2, -0.15) is 0 Å². The SMILES string of the molecule is CC.COc1c(Cl)cc(C)c(C)c1OC. The minimum absolute atomic E-state index is 0.586. The first-order chi connectivity index (χ1) is 7.11. The maximum atomic E-state index is 5.98. The molecule has 2 nitrogen and oxygen atoms in total. The number of hydrogen-bond donors (Lipinski definition) is 0. The first kappa shape index (κ1) is 14.1. The van der Waals surface area contributed by atoms with Crippen LogP contribution in [0.15, 0.2) is 6.07 Å². The summed E-state index contributed by atoms with van der Waals surface area (Å²) in [5, 5.41) is 0.586. The van der Waals surface area contributed by atoms with Crippen molar-refractivity contribution in [1.82, 2.24) is 0 Å². The summed E-state index contributed by atoms with van der Waals surface area (Å²) < 4.78 is 10.4. The number of ether oxygens (including phenoxy) is 2. The summed E-state index contributed by atoms with van der Waals surface area (Å²) >= 11 is 5.98. The highest BCUT2D eigenvalue weighted by atomic mass is 35.5. The summed E-state index contributed by atoms with van der Waals surface area (Å²) in [5.41, 5.74) is 2.16. The molecule has 0 amide bonds. The number of hydrogen-bond acceptors (Lipinski definition) is 2. The summed E-state index contributed by atoms with van der Waals surface area (Å²) in [6, 6.07) is 1.87. The van der Waals surface area contributed by atoms with Gasteiger partial charge in [0.05, 0.1) is 19.2 Å². The monoisotopic (exact) mass is 230 g/mol. The van der Waals surface area contributed by atoms with E-state index in [4.69, 9.17) is 21.1 Å². The average molecular weight is 231 g/mol. The minimum atomic E-state index is 0.586. The molecule has 0 bridgehead atoms. The molecule has 0 atom stereocenters. The van der Waals surface area contributed by atoms with Crippen LogP contribution in [0.5, 0.6) is 11.5 Å². The quantitative estimate of drug-likeness (QED) is 0.765. The summed E-state index contributed by atoms with van der Waals surface area (Å²) in [7, 11) is 3.19. The maximum absolute atomic E-state index is 5.98. The first-order valence-electron chi connectivity index (χ1n) is 4.99. The smallest absolute Gasteiger partial charge is 0.179 e. The molecule has 0 aliphatic carbocycles. The van der Waals surface area contributed by atoms with Gasteiger partial charge < -0.3 is 9.47 Å². The fourth-order valence-corrected chi connectivity index (χ4v) is 1.58. The van der Waals surface area contributed by atoms with Crippen molar-refractivity contribution in [3.63, 3.8) is 0 Å². The molecule has 0 radical (unpaired) electrons. The molecule has 3 heteroatoms. The lowest BCUT2D eigenvalue weighted by Crippen LogP contribution is -1.95. The number of benzene rings is 1. The topological polar surface area (TPSA) is 18.5 Å². The Kier molecular flexibility index (Phi) is 6.18. The normalized spacial score (nSPS) is 9.00. The molecule has 0 saturated carbocycles. The Labute approximate surface area is 97.2 Å². The van der Waals surface area contributed by atoms with Crippen LogP contribution in [0.1, 0.15) is 25.0 Å². The van der Waals surface area contributed by atoms with E-state index in [-0.39, 0.29) is 0 Å². The Balaban J connectivity index is 0.000000921. The van der Waals surface area contributed by atoms with Crippen LogP contribution in [-0.4, -0.2) is 14.2 Å². The predicted octanol–water partition coefficient (Wildman–Crippen LogP) is 4.00. The largest absolute Gasteiger partial charge is 0.493 e. The molecular weight excluding hydrogens is 212 g/mol. The number of halogens is 1. The van der Waals surface area contributed by atoms with E-state index in [0.29, 0.717) is 16.5 Å². The van der Waals surface area contributed by atoms with E-state index in [1.54, 1.807) is 14.2 Å². The van der Waals surface area contributed by atoms with Crippen LogP contribution in [0, 0.1) is 13.8 Å². The summed E-state index contributed by atoms with van der Waals surface area (Å²) in [6.45, 7) is 7.97. The van der Waals surface area contributed by atoms with E-state index in [1.807, 2.05) is 33.8 Å². The van der Waals surface area contributed by atoms with Crippen LogP contribution in [0.25, 0.3) is 0 Å². The molecular formula is C12H19ClO2. The van der Waals surface area contributed by atoms with Gasteiger partial charge in [0.1, 0.15) is 0 Å². The zero-order chi connectivity index (χ0) is 12.0. The number of rotatable bonds is 2. The van der Waals surface area contributed by atoms with E-state index in [1.165, 1.54) is 0 Å². The fourth-order valence-electron chi connectivity index (χ4n) is 1.26. The molecule has 86 valence electrons. The molecule has 0 N–H and O–H groups in total. The molecule has 0 spiro atoms. The van der Waals surface area contributed by atoms with Gasteiger partial charge in [-0.05, 0) is 31.0 Å².